The topological polar surface area (TPSA) is 131 Å². The van der Waals surface area contributed by atoms with Crippen molar-refractivity contribution >= 4 is 19.7 Å². The van der Waals surface area contributed by atoms with E-state index in [1.54, 1.807) is 0 Å². The molecule has 0 aliphatic heterocycles. The minimum Gasteiger partial charge on any atom is -0.463 e. The summed E-state index contributed by atoms with van der Waals surface area (Å²) in [6.45, 7) is 3.32. The number of carbonyl (C=O) groups is 2. The van der Waals surface area contributed by atoms with Gasteiger partial charge in [-0.1, -0.05) is 151 Å². The first-order valence-electron chi connectivity index (χ1n) is 19.4. The first-order chi connectivity index (χ1) is 24.8. The van der Waals surface area contributed by atoms with Gasteiger partial charge in [0.1, 0.15) is 12.7 Å². The second-order valence-corrected chi connectivity index (χ2v) is 14.0. The van der Waals surface area contributed by atoms with E-state index < -0.39 is 26.5 Å². The van der Waals surface area contributed by atoms with E-state index in [2.05, 4.69) is 79.9 Å². The maximum Gasteiger partial charge on any atom is 0.472 e. The van der Waals surface area contributed by atoms with Crippen molar-refractivity contribution in [2.45, 2.75) is 148 Å². The van der Waals surface area contributed by atoms with Gasteiger partial charge in [-0.25, -0.2) is 4.57 Å². The quantitative estimate of drug-likeness (QED) is 0.0254. The van der Waals surface area contributed by atoms with E-state index in [0.29, 0.717) is 12.8 Å². The van der Waals surface area contributed by atoms with Gasteiger partial charge in [0.05, 0.1) is 13.2 Å². The molecule has 0 aliphatic carbocycles. The Morgan fingerprint density at radius 3 is 1.61 bits per heavy atom. The van der Waals surface area contributed by atoms with Crippen LogP contribution >= 0.6 is 7.82 Å². The van der Waals surface area contributed by atoms with Crippen LogP contribution in [-0.2, 0) is 27.9 Å². The largest absolute Gasteiger partial charge is 0.472 e. The maximum atomic E-state index is 12.0. The molecule has 0 heterocycles. The minimum absolute atomic E-state index is 0.0711. The van der Waals surface area contributed by atoms with Crippen molar-refractivity contribution in [3.05, 3.63) is 72.9 Å². The average Bonchev–Trinajstić information content (AvgIpc) is 3.11. The van der Waals surface area contributed by atoms with Crippen LogP contribution in [0.3, 0.4) is 0 Å². The molecule has 0 rings (SSSR count). The van der Waals surface area contributed by atoms with Crippen molar-refractivity contribution in [2.24, 2.45) is 0 Å². The molecule has 0 saturated heterocycles. The number of ether oxygens (including phenoxy) is 1. The molecular weight excluding hydrogens is 665 g/mol. The number of unbranched alkanes of at least 4 members (excludes halogenated alkanes) is 10. The Morgan fingerprint density at radius 1 is 0.627 bits per heavy atom. The number of hydrogen-bond acceptors (Lipinski definition) is 7. The van der Waals surface area contributed by atoms with E-state index in [1.165, 1.54) is 51.4 Å². The lowest BCUT2D eigenvalue weighted by molar-refractivity contribution is -0.147. The molecule has 9 nitrogen and oxygen atoms in total. The monoisotopic (exact) mass is 735 g/mol. The number of phosphoric acid groups is 1. The van der Waals surface area contributed by atoms with Gasteiger partial charge in [0.15, 0.2) is 0 Å². The predicted octanol–water partition coefficient (Wildman–Crippen LogP) is 10.3. The second-order valence-electron chi connectivity index (χ2n) is 12.5. The molecule has 0 spiro atoms. The van der Waals surface area contributed by atoms with Crippen LogP contribution in [0.15, 0.2) is 72.9 Å². The van der Waals surface area contributed by atoms with Crippen molar-refractivity contribution in [2.75, 3.05) is 26.4 Å². The third-order valence-electron chi connectivity index (χ3n) is 7.66. The summed E-state index contributed by atoms with van der Waals surface area (Å²) in [4.78, 5) is 33.7. The number of aliphatic hydroxyl groups excluding tert-OH is 1. The van der Waals surface area contributed by atoms with Gasteiger partial charge in [-0.05, 0) is 51.4 Å². The van der Waals surface area contributed by atoms with E-state index in [9.17, 15) is 24.2 Å². The smallest absolute Gasteiger partial charge is 0.463 e. The summed E-state index contributed by atoms with van der Waals surface area (Å²) in [7, 11) is -4.43. The molecule has 10 heteroatoms. The summed E-state index contributed by atoms with van der Waals surface area (Å²) in [6.07, 6.45) is 44.2. The molecule has 0 aromatic heterocycles. The van der Waals surface area contributed by atoms with Crippen LogP contribution in [-0.4, -0.2) is 54.3 Å². The van der Waals surface area contributed by atoms with E-state index in [4.69, 9.17) is 13.8 Å². The fraction of sp³-hybridized carbons (Fsp3) is 0.659. The van der Waals surface area contributed by atoms with Crippen molar-refractivity contribution in [1.29, 1.82) is 0 Å². The molecule has 2 unspecified atom stereocenters. The Hall–Kier alpha value is -2.55. The molecule has 3 N–H and O–H groups in total. The Morgan fingerprint density at radius 2 is 1.10 bits per heavy atom. The first-order valence-corrected chi connectivity index (χ1v) is 20.9. The van der Waals surface area contributed by atoms with Gasteiger partial charge in [0.2, 0.25) is 5.91 Å². The molecule has 0 saturated carbocycles. The zero-order chi connectivity index (χ0) is 37.5. The van der Waals surface area contributed by atoms with Crippen molar-refractivity contribution < 1.29 is 37.9 Å². The van der Waals surface area contributed by atoms with Crippen molar-refractivity contribution in [3.8, 4) is 0 Å². The van der Waals surface area contributed by atoms with Crippen LogP contribution < -0.4 is 5.32 Å². The summed E-state index contributed by atoms with van der Waals surface area (Å²) < 4.78 is 26.7. The number of esters is 1. The highest BCUT2D eigenvalue weighted by Crippen LogP contribution is 2.42. The van der Waals surface area contributed by atoms with Crippen LogP contribution in [0.4, 0.5) is 0 Å². The third-order valence-corrected chi connectivity index (χ3v) is 8.65. The van der Waals surface area contributed by atoms with Gasteiger partial charge >= 0.3 is 13.8 Å². The zero-order valence-corrected chi connectivity index (χ0v) is 32.7. The zero-order valence-electron chi connectivity index (χ0n) is 31.8. The molecule has 0 radical (unpaired) electrons. The summed E-state index contributed by atoms with van der Waals surface area (Å²) in [5, 5.41) is 12.6. The highest BCUT2D eigenvalue weighted by molar-refractivity contribution is 7.47. The van der Waals surface area contributed by atoms with Crippen molar-refractivity contribution in [1.82, 2.24) is 5.32 Å². The van der Waals surface area contributed by atoms with Gasteiger partial charge in [-0.2, -0.15) is 0 Å². The lowest BCUT2D eigenvalue weighted by atomic mass is 10.1. The van der Waals surface area contributed by atoms with Crippen molar-refractivity contribution in [3.63, 3.8) is 0 Å². The molecule has 2 atom stereocenters. The standard InChI is InChI=1S/C41H70NO8P/c1-3-5-7-9-11-13-15-16-17-18-19-20-21-22-24-26-28-30-32-34-41(45)48-37-39(43)38-50-51(46,47)49-36-35-42-40(44)33-31-29-27-25-23-14-12-10-8-6-4-2/h5,7,11,13,16-17,19-20,22,24,28,30,39,43H,3-4,6,8-10,12,14-15,18,21,23,25-27,29,31-38H2,1-2H3,(H,42,44)(H,46,47)/b7-5-,13-11-,17-16-,20-19-,24-22-,30-28-. The van der Waals surface area contributed by atoms with Gasteiger partial charge in [-0.3, -0.25) is 18.6 Å². The summed E-state index contributed by atoms with van der Waals surface area (Å²) in [5.41, 5.74) is 0. The Balaban J connectivity index is 3.76. The van der Waals surface area contributed by atoms with E-state index in [0.717, 1.165) is 57.8 Å². The fourth-order valence-corrected chi connectivity index (χ4v) is 5.51. The molecule has 0 aromatic carbocycles. The molecule has 0 aromatic rings. The molecule has 51 heavy (non-hydrogen) atoms. The lowest BCUT2D eigenvalue weighted by Crippen LogP contribution is -2.27. The first kappa shape index (κ1) is 48.5. The molecule has 0 aliphatic rings. The highest BCUT2D eigenvalue weighted by atomic mass is 31.2. The maximum absolute atomic E-state index is 12.0. The normalized spacial score (nSPS) is 14.2. The number of amides is 1. The Labute approximate surface area is 310 Å². The average molecular weight is 736 g/mol. The van der Waals surface area contributed by atoms with Gasteiger partial charge in [-0.15, -0.1) is 0 Å². The number of allylic oxidation sites excluding steroid dienone is 12. The van der Waals surface area contributed by atoms with Crippen LogP contribution in [0.25, 0.3) is 0 Å². The SMILES string of the molecule is CC/C=C\C/C=C\C/C=C\C/C=C\C/C=C\C/C=C\CCC(=O)OCC(O)COP(=O)(O)OCCNC(=O)CCCCCCCCCCCCC. The lowest BCUT2D eigenvalue weighted by Gasteiger charge is -2.15. The summed E-state index contributed by atoms with van der Waals surface area (Å²) in [5.74, 6) is -0.609. The second kappa shape index (κ2) is 37.2. The molecular formula is C41H70NO8P. The van der Waals surface area contributed by atoms with Crippen LogP contribution in [0.2, 0.25) is 0 Å². The Bertz CT molecular complexity index is 1070. The Kier molecular flexibility index (Phi) is 35.4. The number of carbonyl (C=O) groups excluding carboxylic acids is 2. The van der Waals surface area contributed by atoms with Crippen LogP contribution in [0.5, 0.6) is 0 Å². The van der Waals surface area contributed by atoms with Gasteiger partial charge in [0, 0.05) is 19.4 Å². The van der Waals surface area contributed by atoms with E-state index in [1.807, 2.05) is 12.2 Å². The van der Waals surface area contributed by atoms with Crippen LogP contribution in [0, 0.1) is 0 Å². The predicted molar refractivity (Wildman–Crippen MR) is 210 cm³/mol. The van der Waals surface area contributed by atoms with Crippen LogP contribution in [0.1, 0.15) is 142 Å². The molecule has 1 amide bonds. The van der Waals surface area contributed by atoms with Gasteiger partial charge < -0.3 is 20.1 Å². The number of phosphoric ester groups is 1. The number of nitrogens with one attached hydrogen (secondary N) is 1. The number of aliphatic hydroxyl groups is 1. The van der Waals surface area contributed by atoms with E-state index >= 15 is 0 Å². The van der Waals surface area contributed by atoms with E-state index in [-0.39, 0.29) is 32.1 Å². The summed E-state index contributed by atoms with van der Waals surface area (Å²) >= 11 is 0. The third kappa shape index (κ3) is 38.5. The fourth-order valence-electron chi connectivity index (χ4n) is 4.76. The number of rotatable bonds is 35. The summed E-state index contributed by atoms with van der Waals surface area (Å²) in [6, 6.07) is 0. The molecule has 0 bridgehead atoms. The number of hydrogen-bond donors (Lipinski definition) is 3. The molecule has 292 valence electrons. The molecule has 0 fully saturated rings. The van der Waals surface area contributed by atoms with Gasteiger partial charge in [0.25, 0.3) is 0 Å². The minimum atomic E-state index is -4.43. The highest BCUT2D eigenvalue weighted by Gasteiger charge is 2.23.